The summed E-state index contributed by atoms with van der Waals surface area (Å²) < 4.78 is 0. The van der Waals surface area contributed by atoms with E-state index in [1.807, 2.05) is 31.2 Å². The molecular weight excluding hydrogens is 307 g/mol. The third-order valence-electron chi connectivity index (χ3n) is 2.97. The molecule has 3 nitrogen and oxygen atoms in total. The van der Waals surface area contributed by atoms with Crippen LogP contribution in [0.1, 0.15) is 22.8 Å². The van der Waals surface area contributed by atoms with Gasteiger partial charge in [0.1, 0.15) is 0 Å². The molecule has 21 heavy (non-hydrogen) atoms. The first-order valence-corrected chi connectivity index (χ1v) is 7.42. The topological polar surface area (TPSA) is 41.1 Å². The Balaban J connectivity index is 1.97. The SMILES string of the molecule is CCNC(=O)c1ccc(NCc2ccc(Cl)c(Cl)c2)cc1. The van der Waals surface area contributed by atoms with Crippen molar-refractivity contribution >= 4 is 34.8 Å². The van der Waals surface area contributed by atoms with Crippen molar-refractivity contribution in [3.8, 4) is 0 Å². The van der Waals surface area contributed by atoms with E-state index >= 15 is 0 Å². The zero-order chi connectivity index (χ0) is 15.2. The van der Waals surface area contributed by atoms with Gasteiger partial charge in [0.2, 0.25) is 0 Å². The summed E-state index contributed by atoms with van der Waals surface area (Å²) in [5.74, 6) is -0.0615. The van der Waals surface area contributed by atoms with Crippen LogP contribution in [0.3, 0.4) is 0 Å². The van der Waals surface area contributed by atoms with Gasteiger partial charge < -0.3 is 10.6 Å². The van der Waals surface area contributed by atoms with E-state index in [0.29, 0.717) is 28.7 Å². The molecule has 2 aromatic rings. The maximum atomic E-state index is 11.6. The zero-order valence-corrected chi connectivity index (χ0v) is 13.1. The number of hydrogen-bond acceptors (Lipinski definition) is 2. The summed E-state index contributed by atoms with van der Waals surface area (Å²) in [5.41, 5.74) is 2.63. The Morgan fingerprint density at radius 2 is 1.76 bits per heavy atom. The molecule has 0 aromatic heterocycles. The molecule has 110 valence electrons. The Morgan fingerprint density at radius 1 is 1.05 bits per heavy atom. The highest BCUT2D eigenvalue weighted by molar-refractivity contribution is 6.42. The Morgan fingerprint density at radius 3 is 2.38 bits per heavy atom. The minimum atomic E-state index is -0.0615. The van der Waals surface area contributed by atoms with Gasteiger partial charge in [0, 0.05) is 24.3 Å². The highest BCUT2D eigenvalue weighted by Crippen LogP contribution is 2.23. The number of nitrogens with one attached hydrogen (secondary N) is 2. The predicted molar refractivity (Wildman–Crippen MR) is 88.2 cm³/mol. The summed E-state index contributed by atoms with van der Waals surface area (Å²) in [6.45, 7) is 3.15. The molecular formula is C16H16Cl2N2O. The molecule has 0 aliphatic carbocycles. The quantitative estimate of drug-likeness (QED) is 0.858. The van der Waals surface area contributed by atoms with Gasteiger partial charge in [0.15, 0.2) is 0 Å². The van der Waals surface area contributed by atoms with Crippen molar-refractivity contribution in [3.05, 3.63) is 63.6 Å². The fourth-order valence-electron chi connectivity index (χ4n) is 1.86. The molecule has 0 spiro atoms. The Labute approximate surface area is 134 Å². The summed E-state index contributed by atoms with van der Waals surface area (Å²) in [4.78, 5) is 11.6. The lowest BCUT2D eigenvalue weighted by Crippen LogP contribution is -2.22. The monoisotopic (exact) mass is 322 g/mol. The van der Waals surface area contributed by atoms with Crippen LogP contribution in [0.15, 0.2) is 42.5 Å². The van der Waals surface area contributed by atoms with Gasteiger partial charge in [-0.1, -0.05) is 29.3 Å². The van der Waals surface area contributed by atoms with Gasteiger partial charge in [-0.25, -0.2) is 0 Å². The molecule has 0 fully saturated rings. The molecule has 0 saturated heterocycles. The van der Waals surface area contributed by atoms with E-state index in [2.05, 4.69) is 10.6 Å². The lowest BCUT2D eigenvalue weighted by atomic mass is 10.2. The Kier molecular flexibility index (Phi) is 5.48. The fourth-order valence-corrected chi connectivity index (χ4v) is 2.18. The maximum absolute atomic E-state index is 11.6. The smallest absolute Gasteiger partial charge is 0.251 e. The van der Waals surface area contributed by atoms with E-state index < -0.39 is 0 Å². The first-order valence-electron chi connectivity index (χ1n) is 6.66. The van der Waals surface area contributed by atoms with Crippen LogP contribution in [-0.2, 0) is 6.54 Å². The van der Waals surface area contributed by atoms with Crippen LogP contribution in [0, 0.1) is 0 Å². The van der Waals surface area contributed by atoms with Gasteiger partial charge in [0.25, 0.3) is 5.91 Å². The number of anilines is 1. The zero-order valence-electron chi connectivity index (χ0n) is 11.6. The van der Waals surface area contributed by atoms with Crippen LogP contribution in [0.5, 0.6) is 0 Å². The van der Waals surface area contributed by atoms with E-state index in [1.165, 1.54) is 0 Å². The lowest BCUT2D eigenvalue weighted by Gasteiger charge is -2.08. The second-order valence-corrected chi connectivity index (χ2v) is 5.35. The molecule has 0 bridgehead atoms. The maximum Gasteiger partial charge on any atom is 0.251 e. The molecule has 0 aliphatic rings. The van der Waals surface area contributed by atoms with Gasteiger partial charge >= 0.3 is 0 Å². The predicted octanol–water partition coefficient (Wildman–Crippen LogP) is 4.36. The Bertz CT molecular complexity index is 627. The highest BCUT2D eigenvalue weighted by atomic mass is 35.5. The number of halogens is 2. The van der Waals surface area contributed by atoms with Crippen molar-refractivity contribution in [1.82, 2.24) is 5.32 Å². The van der Waals surface area contributed by atoms with E-state index in [0.717, 1.165) is 11.3 Å². The number of benzene rings is 2. The average Bonchev–Trinajstić information content (AvgIpc) is 2.49. The van der Waals surface area contributed by atoms with Crippen molar-refractivity contribution in [2.45, 2.75) is 13.5 Å². The van der Waals surface area contributed by atoms with Crippen LogP contribution < -0.4 is 10.6 Å². The van der Waals surface area contributed by atoms with Crippen LogP contribution in [0.2, 0.25) is 10.0 Å². The molecule has 0 heterocycles. The minimum Gasteiger partial charge on any atom is -0.381 e. The van der Waals surface area contributed by atoms with E-state index in [-0.39, 0.29) is 5.91 Å². The van der Waals surface area contributed by atoms with Gasteiger partial charge in [-0.05, 0) is 48.9 Å². The summed E-state index contributed by atoms with van der Waals surface area (Å²) in [6, 6.07) is 12.9. The first-order chi connectivity index (χ1) is 10.1. The molecule has 2 aromatic carbocycles. The first kappa shape index (κ1) is 15.7. The molecule has 0 saturated carbocycles. The van der Waals surface area contributed by atoms with Gasteiger partial charge in [-0.15, -0.1) is 0 Å². The van der Waals surface area contributed by atoms with Gasteiger partial charge in [-0.3, -0.25) is 4.79 Å². The molecule has 0 aliphatic heterocycles. The summed E-state index contributed by atoms with van der Waals surface area (Å²) in [6.07, 6.45) is 0. The molecule has 0 unspecified atom stereocenters. The summed E-state index contributed by atoms with van der Waals surface area (Å²) in [5, 5.41) is 7.13. The van der Waals surface area contributed by atoms with Crippen LogP contribution >= 0.6 is 23.2 Å². The van der Waals surface area contributed by atoms with E-state index in [9.17, 15) is 4.79 Å². The van der Waals surface area contributed by atoms with Gasteiger partial charge in [0.05, 0.1) is 10.0 Å². The standard InChI is InChI=1S/C16H16Cl2N2O/c1-2-19-16(21)12-4-6-13(7-5-12)20-10-11-3-8-14(17)15(18)9-11/h3-9,20H,2,10H2,1H3,(H,19,21). The van der Waals surface area contributed by atoms with E-state index in [1.54, 1.807) is 18.2 Å². The van der Waals surface area contributed by atoms with Crippen LogP contribution in [0.4, 0.5) is 5.69 Å². The minimum absolute atomic E-state index is 0.0615. The molecule has 0 radical (unpaired) electrons. The normalized spacial score (nSPS) is 10.2. The second kappa shape index (κ2) is 7.34. The molecule has 0 atom stereocenters. The van der Waals surface area contributed by atoms with Crippen molar-refractivity contribution in [2.75, 3.05) is 11.9 Å². The van der Waals surface area contributed by atoms with Crippen LogP contribution in [-0.4, -0.2) is 12.5 Å². The second-order valence-electron chi connectivity index (χ2n) is 4.54. The van der Waals surface area contributed by atoms with Gasteiger partial charge in [-0.2, -0.15) is 0 Å². The molecule has 5 heteroatoms. The van der Waals surface area contributed by atoms with Crippen LogP contribution in [0.25, 0.3) is 0 Å². The largest absolute Gasteiger partial charge is 0.381 e. The Hall–Kier alpha value is -1.71. The molecule has 2 rings (SSSR count). The number of rotatable bonds is 5. The number of amides is 1. The lowest BCUT2D eigenvalue weighted by molar-refractivity contribution is 0.0956. The van der Waals surface area contributed by atoms with Crippen molar-refractivity contribution in [2.24, 2.45) is 0 Å². The summed E-state index contributed by atoms with van der Waals surface area (Å²) in [7, 11) is 0. The number of carbonyl (C=O) groups is 1. The molecule has 1 amide bonds. The highest BCUT2D eigenvalue weighted by Gasteiger charge is 2.04. The van der Waals surface area contributed by atoms with E-state index in [4.69, 9.17) is 23.2 Å². The number of carbonyl (C=O) groups excluding carboxylic acids is 1. The van der Waals surface area contributed by atoms with Crippen molar-refractivity contribution in [3.63, 3.8) is 0 Å². The van der Waals surface area contributed by atoms with Crippen molar-refractivity contribution < 1.29 is 4.79 Å². The average molecular weight is 323 g/mol. The third kappa shape index (κ3) is 4.38. The number of hydrogen-bond donors (Lipinski definition) is 2. The summed E-state index contributed by atoms with van der Waals surface area (Å²) >= 11 is 11.9. The van der Waals surface area contributed by atoms with Crippen molar-refractivity contribution in [1.29, 1.82) is 0 Å². The molecule has 2 N–H and O–H groups in total. The fraction of sp³-hybridized carbons (Fsp3) is 0.188. The third-order valence-corrected chi connectivity index (χ3v) is 3.70.